The monoisotopic (exact) mass is 394 g/mol. The normalized spacial score (nSPS) is 19.3. The third kappa shape index (κ3) is 3.57. The van der Waals surface area contributed by atoms with Gasteiger partial charge in [0, 0.05) is 23.7 Å². The number of hydrogen-bond donors (Lipinski definition) is 0. The van der Waals surface area contributed by atoms with Crippen LogP contribution >= 0.6 is 11.6 Å². The first-order valence-electron chi connectivity index (χ1n) is 9.69. The highest BCUT2D eigenvalue weighted by Crippen LogP contribution is 2.35. The fourth-order valence-electron chi connectivity index (χ4n) is 4.11. The Bertz CT molecular complexity index is 939. The summed E-state index contributed by atoms with van der Waals surface area (Å²) < 4.78 is 0. The highest BCUT2D eigenvalue weighted by Gasteiger charge is 2.38. The molecule has 0 N–H and O–H groups in total. The molecule has 0 aromatic heterocycles. The molecule has 0 bridgehead atoms. The molecule has 144 valence electrons. The average Bonchev–Trinajstić information content (AvgIpc) is 2.72. The van der Waals surface area contributed by atoms with Gasteiger partial charge in [0.05, 0.1) is 6.04 Å². The molecule has 2 aliphatic rings. The minimum Gasteiger partial charge on any atom is -0.332 e. The van der Waals surface area contributed by atoms with E-state index < -0.39 is 0 Å². The maximum absolute atomic E-state index is 13.2. The van der Waals surface area contributed by atoms with Gasteiger partial charge in [0.25, 0.3) is 0 Å². The number of hydrogen-bond acceptors (Lipinski definition) is 2. The van der Waals surface area contributed by atoms with Crippen LogP contribution in [0.3, 0.4) is 0 Å². The third-order valence-electron chi connectivity index (χ3n) is 5.59. The molecule has 2 aromatic rings. The number of piperazine rings is 1. The fourth-order valence-corrected chi connectivity index (χ4v) is 4.29. The first kappa shape index (κ1) is 18.8. The highest BCUT2D eigenvalue weighted by atomic mass is 35.5. The molecule has 2 heterocycles. The van der Waals surface area contributed by atoms with Gasteiger partial charge < -0.3 is 9.80 Å². The van der Waals surface area contributed by atoms with Crippen molar-refractivity contribution in [1.29, 1.82) is 0 Å². The van der Waals surface area contributed by atoms with E-state index in [1.807, 2.05) is 66.4 Å². The molecule has 5 heteroatoms. The summed E-state index contributed by atoms with van der Waals surface area (Å²) in [7, 11) is 0. The Kier molecular flexibility index (Phi) is 5.23. The van der Waals surface area contributed by atoms with Crippen LogP contribution in [0, 0.1) is 0 Å². The number of amides is 2. The van der Waals surface area contributed by atoms with Crippen molar-refractivity contribution in [2.45, 2.75) is 25.8 Å². The van der Waals surface area contributed by atoms with Crippen LogP contribution < -0.4 is 0 Å². The zero-order chi connectivity index (χ0) is 19.7. The van der Waals surface area contributed by atoms with Crippen LogP contribution in [0.5, 0.6) is 0 Å². The molecule has 0 saturated carbocycles. The summed E-state index contributed by atoms with van der Waals surface area (Å²) in [5.41, 5.74) is 3.99. The minimum atomic E-state index is -0.123. The number of carbonyl (C=O) groups is 2. The summed E-state index contributed by atoms with van der Waals surface area (Å²) in [5.74, 6) is -0.0566. The Morgan fingerprint density at radius 3 is 2.75 bits per heavy atom. The van der Waals surface area contributed by atoms with Crippen molar-refractivity contribution in [2.24, 2.45) is 0 Å². The maximum atomic E-state index is 13.2. The highest BCUT2D eigenvalue weighted by molar-refractivity contribution is 6.30. The molecular weight excluding hydrogens is 372 g/mol. The van der Waals surface area contributed by atoms with Gasteiger partial charge >= 0.3 is 0 Å². The first-order chi connectivity index (χ1) is 13.6. The molecular formula is C23H23ClN2O2. The average molecular weight is 395 g/mol. The molecule has 1 unspecified atom stereocenters. The Morgan fingerprint density at radius 2 is 2.00 bits per heavy atom. The van der Waals surface area contributed by atoms with E-state index >= 15 is 0 Å². The molecule has 1 saturated heterocycles. The predicted molar refractivity (Wildman–Crippen MR) is 111 cm³/mol. The Morgan fingerprint density at radius 1 is 1.21 bits per heavy atom. The summed E-state index contributed by atoms with van der Waals surface area (Å²) in [6, 6.07) is 15.6. The van der Waals surface area contributed by atoms with E-state index in [2.05, 4.69) is 0 Å². The lowest BCUT2D eigenvalue weighted by atomic mass is 9.90. The number of carbonyl (C=O) groups excluding carboxylic acids is 2. The molecule has 1 fully saturated rings. The van der Waals surface area contributed by atoms with Crippen LogP contribution in [-0.4, -0.2) is 41.2 Å². The van der Waals surface area contributed by atoms with Gasteiger partial charge in [-0.05, 0) is 47.7 Å². The molecule has 0 spiro atoms. The first-order valence-corrected chi connectivity index (χ1v) is 10.1. The van der Waals surface area contributed by atoms with Gasteiger partial charge in [-0.15, -0.1) is 0 Å². The topological polar surface area (TPSA) is 40.6 Å². The van der Waals surface area contributed by atoms with E-state index in [1.54, 1.807) is 4.90 Å². The summed E-state index contributed by atoms with van der Waals surface area (Å²) in [6.45, 7) is 3.31. The van der Waals surface area contributed by atoms with Crippen LogP contribution in [0.1, 0.15) is 36.1 Å². The Balaban J connectivity index is 1.62. The largest absolute Gasteiger partial charge is 0.332 e. The predicted octanol–water partition coefficient (Wildman–Crippen LogP) is 4.10. The van der Waals surface area contributed by atoms with E-state index in [1.165, 1.54) is 5.56 Å². The Hall–Kier alpha value is -2.59. The van der Waals surface area contributed by atoms with Crippen molar-refractivity contribution >= 4 is 29.5 Å². The summed E-state index contributed by atoms with van der Waals surface area (Å²) >= 11 is 6.21. The van der Waals surface area contributed by atoms with Gasteiger partial charge in [0.2, 0.25) is 11.8 Å². The van der Waals surface area contributed by atoms with Crippen LogP contribution in [0.15, 0.2) is 54.1 Å². The molecule has 28 heavy (non-hydrogen) atoms. The minimum absolute atomic E-state index is 0.00499. The van der Waals surface area contributed by atoms with E-state index in [0.717, 1.165) is 23.1 Å². The van der Waals surface area contributed by atoms with Crippen molar-refractivity contribution < 1.29 is 9.59 Å². The standard InChI is InChI=1S/C23H23ClN2O2/c1-2-17(12-16-6-4-3-5-7-16)23(28)25-14-21-20-13-19(24)9-8-18(20)10-11-26(21)22(27)15-25/h3-9,12-13,21H,2,10-11,14-15H2,1H3/b17-12+. The van der Waals surface area contributed by atoms with Crippen molar-refractivity contribution in [3.05, 3.63) is 75.8 Å². The molecule has 0 aliphatic carbocycles. The van der Waals surface area contributed by atoms with E-state index in [9.17, 15) is 9.59 Å². The quantitative estimate of drug-likeness (QED) is 0.735. The smallest absolute Gasteiger partial charge is 0.250 e. The van der Waals surface area contributed by atoms with Crippen LogP contribution in [0.2, 0.25) is 5.02 Å². The summed E-state index contributed by atoms with van der Waals surface area (Å²) in [6.07, 6.45) is 3.37. The van der Waals surface area contributed by atoms with Crippen LogP contribution in [0.4, 0.5) is 0 Å². The van der Waals surface area contributed by atoms with Gasteiger partial charge in [0.15, 0.2) is 0 Å². The lowest BCUT2D eigenvalue weighted by Crippen LogP contribution is -2.55. The van der Waals surface area contributed by atoms with Crippen LogP contribution in [-0.2, 0) is 16.0 Å². The van der Waals surface area contributed by atoms with Crippen molar-refractivity contribution in [3.63, 3.8) is 0 Å². The molecule has 4 nitrogen and oxygen atoms in total. The second-order valence-electron chi connectivity index (χ2n) is 7.32. The molecule has 4 rings (SSSR count). The van der Waals surface area contributed by atoms with Crippen molar-refractivity contribution in [3.8, 4) is 0 Å². The van der Waals surface area contributed by atoms with Crippen molar-refractivity contribution in [1.82, 2.24) is 9.80 Å². The van der Waals surface area contributed by atoms with E-state index in [4.69, 9.17) is 11.6 Å². The molecule has 1 atom stereocenters. The van der Waals surface area contributed by atoms with Crippen LogP contribution in [0.25, 0.3) is 6.08 Å². The zero-order valence-corrected chi connectivity index (χ0v) is 16.7. The molecule has 2 aliphatic heterocycles. The number of fused-ring (bicyclic) bond motifs is 3. The second kappa shape index (κ2) is 7.80. The van der Waals surface area contributed by atoms with Gasteiger partial charge in [-0.1, -0.05) is 54.9 Å². The van der Waals surface area contributed by atoms with E-state index in [-0.39, 0.29) is 24.4 Å². The number of benzene rings is 2. The second-order valence-corrected chi connectivity index (χ2v) is 7.75. The summed E-state index contributed by atoms with van der Waals surface area (Å²) in [5, 5.41) is 0.662. The zero-order valence-electron chi connectivity index (χ0n) is 15.9. The van der Waals surface area contributed by atoms with Crippen molar-refractivity contribution in [2.75, 3.05) is 19.6 Å². The summed E-state index contributed by atoms with van der Waals surface area (Å²) in [4.78, 5) is 29.6. The van der Waals surface area contributed by atoms with Gasteiger partial charge in [0.1, 0.15) is 6.54 Å². The number of rotatable bonds is 3. The maximum Gasteiger partial charge on any atom is 0.250 e. The number of nitrogens with zero attached hydrogens (tertiary/aromatic N) is 2. The fraction of sp³-hybridized carbons (Fsp3) is 0.304. The Labute approximate surface area is 170 Å². The molecule has 2 amide bonds. The molecule has 2 aromatic carbocycles. The third-order valence-corrected chi connectivity index (χ3v) is 5.82. The van der Waals surface area contributed by atoms with Gasteiger partial charge in [-0.2, -0.15) is 0 Å². The lowest BCUT2D eigenvalue weighted by Gasteiger charge is -2.44. The van der Waals surface area contributed by atoms with E-state index in [0.29, 0.717) is 24.5 Å². The number of halogens is 1. The van der Waals surface area contributed by atoms with Gasteiger partial charge in [-0.25, -0.2) is 0 Å². The SMILES string of the molecule is CC/C(=C\c1ccccc1)C(=O)N1CC(=O)N2CCc3ccc(Cl)cc3C2C1. The molecule has 0 radical (unpaired) electrons. The van der Waals surface area contributed by atoms with Gasteiger partial charge in [-0.3, -0.25) is 9.59 Å². The lowest BCUT2D eigenvalue weighted by molar-refractivity contribution is -0.147.